The molecule has 2 heterocycles. The molecule has 0 fully saturated rings. The summed E-state index contributed by atoms with van der Waals surface area (Å²) in [6.45, 7) is 3.51. The van der Waals surface area contributed by atoms with Crippen molar-refractivity contribution in [3.05, 3.63) is 27.2 Å². The molecule has 2 rings (SSSR count). The van der Waals surface area contributed by atoms with Crippen LogP contribution in [0, 0.1) is 0 Å². The average molecular weight is 323 g/mol. The highest BCUT2D eigenvalue weighted by Gasteiger charge is 2.15. The Morgan fingerprint density at radius 2 is 1.96 bits per heavy atom. The van der Waals surface area contributed by atoms with Crippen molar-refractivity contribution in [2.75, 3.05) is 19.6 Å². The van der Waals surface area contributed by atoms with Crippen LogP contribution in [0.3, 0.4) is 0 Å². The van der Waals surface area contributed by atoms with Crippen LogP contribution >= 0.6 is 0 Å². The topological polar surface area (TPSA) is 102 Å². The van der Waals surface area contributed by atoms with E-state index in [9.17, 15) is 14.4 Å². The molecule has 0 spiro atoms. The lowest BCUT2D eigenvalue weighted by Gasteiger charge is -2.19. The molecule has 0 aromatic carbocycles. The molecule has 23 heavy (non-hydrogen) atoms. The Balaban J connectivity index is 2.33. The number of carbonyl (C=O) groups is 1. The molecule has 1 N–H and O–H groups in total. The van der Waals surface area contributed by atoms with E-state index in [2.05, 4.69) is 4.98 Å². The molecule has 0 bridgehead atoms. The van der Waals surface area contributed by atoms with Crippen molar-refractivity contribution in [2.24, 2.45) is 14.1 Å². The SMILES string of the molecule is CCCN(CCn1cnc2c1c(=O)n(C)c(=O)n2C)CC(=O)O. The van der Waals surface area contributed by atoms with Gasteiger partial charge in [-0.3, -0.25) is 23.6 Å². The van der Waals surface area contributed by atoms with E-state index in [4.69, 9.17) is 5.11 Å². The van der Waals surface area contributed by atoms with E-state index in [0.29, 0.717) is 30.8 Å². The van der Waals surface area contributed by atoms with Gasteiger partial charge in [-0.2, -0.15) is 0 Å². The minimum Gasteiger partial charge on any atom is -0.480 e. The minimum absolute atomic E-state index is 0.0447. The summed E-state index contributed by atoms with van der Waals surface area (Å²) in [5, 5.41) is 8.93. The van der Waals surface area contributed by atoms with E-state index in [-0.39, 0.29) is 6.54 Å². The third kappa shape index (κ3) is 3.34. The van der Waals surface area contributed by atoms with Crippen LogP contribution < -0.4 is 11.2 Å². The molecule has 9 heteroatoms. The molecule has 0 aliphatic rings. The first-order valence-corrected chi connectivity index (χ1v) is 7.41. The predicted octanol–water partition coefficient (Wildman–Crippen LogP) is -0.770. The molecule has 0 unspecified atom stereocenters. The van der Waals surface area contributed by atoms with Crippen molar-refractivity contribution in [1.29, 1.82) is 0 Å². The first kappa shape index (κ1) is 16.9. The lowest BCUT2D eigenvalue weighted by atomic mass is 10.4. The number of carboxylic acid groups (broad SMARTS) is 1. The Kier molecular flexibility index (Phi) is 4.99. The van der Waals surface area contributed by atoms with Gasteiger partial charge in [0.05, 0.1) is 12.9 Å². The van der Waals surface area contributed by atoms with Gasteiger partial charge >= 0.3 is 11.7 Å². The highest BCUT2D eigenvalue weighted by Crippen LogP contribution is 2.06. The van der Waals surface area contributed by atoms with Crippen LogP contribution in [0.4, 0.5) is 0 Å². The van der Waals surface area contributed by atoms with Crippen molar-refractivity contribution in [1.82, 2.24) is 23.6 Å². The molecular weight excluding hydrogens is 302 g/mol. The van der Waals surface area contributed by atoms with Crippen molar-refractivity contribution in [3.63, 3.8) is 0 Å². The van der Waals surface area contributed by atoms with Crippen LogP contribution in [-0.2, 0) is 25.4 Å². The highest BCUT2D eigenvalue weighted by atomic mass is 16.4. The number of hydrogen-bond donors (Lipinski definition) is 1. The number of hydrogen-bond acceptors (Lipinski definition) is 5. The third-order valence-corrected chi connectivity index (χ3v) is 3.77. The van der Waals surface area contributed by atoms with E-state index >= 15 is 0 Å². The Morgan fingerprint density at radius 3 is 2.57 bits per heavy atom. The zero-order valence-electron chi connectivity index (χ0n) is 13.5. The molecule has 0 aliphatic carbocycles. The zero-order chi connectivity index (χ0) is 17.1. The Morgan fingerprint density at radius 1 is 1.26 bits per heavy atom. The molecule has 2 aromatic rings. The summed E-state index contributed by atoms with van der Waals surface area (Å²) < 4.78 is 4.04. The van der Waals surface area contributed by atoms with Crippen molar-refractivity contribution >= 4 is 17.1 Å². The van der Waals surface area contributed by atoms with Gasteiger partial charge in [-0.25, -0.2) is 9.78 Å². The maximum Gasteiger partial charge on any atom is 0.332 e. The first-order chi connectivity index (χ1) is 10.9. The summed E-state index contributed by atoms with van der Waals surface area (Å²) in [4.78, 5) is 41.0. The van der Waals surface area contributed by atoms with Gasteiger partial charge in [-0.15, -0.1) is 0 Å². The Hall–Kier alpha value is -2.42. The number of fused-ring (bicyclic) bond motifs is 1. The molecule has 0 radical (unpaired) electrons. The van der Waals surface area contributed by atoms with Crippen LogP contribution in [0.25, 0.3) is 11.2 Å². The van der Waals surface area contributed by atoms with Gasteiger partial charge in [0.1, 0.15) is 0 Å². The van der Waals surface area contributed by atoms with Crippen molar-refractivity contribution in [2.45, 2.75) is 19.9 Å². The van der Waals surface area contributed by atoms with Crippen molar-refractivity contribution in [3.8, 4) is 0 Å². The maximum atomic E-state index is 12.3. The summed E-state index contributed by atoms with van der Waals surface area (Å²) in [5.74, 6) is -0.882. The average Bonchev–Trinajstić information content (AvgIpc) is 2.92. The molecule has 0 aliphatic heterocycles. The van der Waals surface area contributed by atoms with E-state index < -0.39 is 17.2 Å². The molecule has 9 nitrogen and oxygen atoms in total. The molecule has 0 saturated heterocycles. The highest BCUT2D eigenvalue weighted by molar-refractivity contribution is 5.70. The van der Waals surface area contributed by atoms with Crippen LogP contribution in [0.2, 0.25) is 0 Å². The van der Waals surface area contributed by atoms with Crippen LogP contribution in [0.1, 0.15) is 13.3 Å². The number of nitrogens with zero attached hydrogens (tertiary/aromatic N) is 5. The van der Waals surface area contributed by atoms with Crippen LogP contribution in [0.15, 0.2) is 15.9 Å². The smallest absolute Gasteiger partial charge is 0.332 e. The standard InChI is InChI=1S/C14H21N5O4/c1-4-5-18(8-10(20)21)6-7-19-9-15-12-11(19)13(22)17(3)14(23)16(12)2/h9H,4-8H2,1-3H3,(H,20,21). The normalized spacial score (nSPS) is 11.5. The largest absolute Gasteiger partial charge is 0.480 e. The molecule has 126 valence electrons. The second-order valence-electron chi connectivity index (χ2n) is 5.49. The van der Waals surface area contributed by atoms with Gasteiger partial charge in [0, 0.05) is 27.2 Å². The number of rotatable bonds is 7. The summed E-state index contributed by atoms with van der Waals surface area (Å²) in [5.41, 5.74) is -0.146. The fourth-order valence-electron chi connectivity index (χ4n) is 2.59. The molecule has 0 amide bonds. The van der Waals surface area contributed by atoms with E-state index in [1.165, 1.54) is 17.9 Å². The molecular formula is C14H21N5O4. The van der Waals surface area contributed by atoms with Gasteiger partial charge in [0.15, 0.2) is 11.2 Å². The van der Waals surface area contributed by atoms with Gasteiger partial charge < -0.3 is 9.67 Å². The third-order valence-electron chi connectivity index (χ3n) is 3.77. The molecule has 2 aromatic heterocycles. The van der Waals surface area contributed by atoms with Crippen LogP contribution in [0.5, 0.6) is 0 Å². The number of imidazole rings is 1. The predicted molar refractivity (Wildman–Crippen MR) is 84.6 cm³/mol. The van der Waals surface area contributed by atoms with E-state index in [1.54, 1.807) is 16.5 Å². The number of aryl methyl sites for hydroxylation is 1. The lowest BCUT2D eigenvalue weighted by molar-refractivity contribution is -0.138. The second-order valence-corrected chi connectivity index (χ2v) is 5.49. The zero-order valence-corrected chi connectivity index (χ0v) is 13.5. The maximum absolute atomic E-state index is 12.3. The van der Waals surface area contributed by atoms with Gasteiger partial charge in [0.25, 0.3) is 5.56 Å². The lowest BCUT2D eigenvalue weighted by Crippen LogP contribution is -2.38. The monoisotopic (exact) mass is 323 g/mol. The summed E-state index contributed by atoms with van der Waals surface area (Å²) in [6, 6.07) is 0. The first-order valence-electron chi connectivity index (χ1n) is 7.41. The van der Waals surface area contributed by atoms with Gasteiger partial charge in [-0.1, -0.05) is 6.92 Å². The van der Waals surface area contributed by atoms with Gasteiger partial charge in [0.2, 0.25) is 0 Å². The minimum atomic E-state index is -0.882. The van der Waals surface area contributed by atoms with Gasteiger partial charge in [-0.05, 0) is 13.0 Å². The summed E-state index contributed by atoms with van der Waals surface area (Å²) >= 11 is 0. The van der Waals surface area contributed by atoms with E-state index in [1.807, 2.05) is 6.92 Å². The Labute approximate surface area is 132 Å². The fourth-order valence-corrected chi connectivity index (χ4v) is 2.59. The summed E-state index contributed by atoms with van der Waals surface area (Å²) in [6.07, 6.45) is 2.35. The number of carboxylic acids is 1. The number of aromatic nitrogens is 4. The Bertz CT molecular complexity index is 832. The fraction of sp³-hybridized carbons (Fsp3) is 0.571. The number of aliphatic carboxylic acids is 1. The molecule has 0 saturated carbocycles. The van der Waals surface area contributed by atoms with Crippen molar-refractivity contribution < 1.29 is 9.90 Å². The van der Waals surface area contributed by atoms with E-state index in [0.717, 1.165) is 11.0 Å². The second kappa shape index (κ2) is 6.78. The summed E-state index contributed by atoms with van der Waals surface area (Å²) in [7, 11) is 2.99. The van der Waals surface area contributed by atoms with Crippen LogP contribution in [-0.4, -0.2) is 54.3 Å². The molecule has 0 atom stereocenters. The quantitative estimate of drug-likeness (QED) is 0.718.